The van der Waals surface area contributed by atoms with Crippen LogP contribution in [-0.2, 0) is 11.3 Å². The average Bonchev–Trinajstić information content (AvgIpc) is 3.25. The third-order valence-electron chi connectivity index (χ3n) is 6.27. The van der Waals surface area contributed by atoms with Crippen LogP contribution in [0.3, 0.4) is 0 Å². The van der Waals surface area contributed by atoms with Gasteiger partial charge >= 0.3 is 0 Å². The first-order valence-corrected chi connectivity index (χ1v) is 10.5. The number of benzene rings is 2. The number of hydrogen-bond acceptors (Lipinski definition) is 4. The van der Waals surface area contributed by atoms with Crippen molar-refractivity contribution < 1.29 is 9.59 Å². The van der Waals surface area contributed by atoms with Crippen LogP contribution in [-0.4, -0.2) is 60.4 Å². The van der Waals surface area contributed by atoms with Gasteiger partial charge in [-0.05, 0) is 36.6 Å². The zero-order valence-corrected chi connectivity index (χ0v) is 16.5. The molecule has 0 aromatic heterocycles. The second-order valence-electron chi connectivity index (χ2n) is 8.13. The number of fused-ring (bicyclic) bond motifs is 3. The SMILES string of the molecule is O=C1Nc2cc(C(=O)N3CCN(Cc4ccccc4)CC3)ccc2N2CCC[C@@H]12. The minimum Gasteiger partial charge on any atom is -0.358 e. The van der Waals surface area contributed by atoms with E-state index < -0.39 is 0 Å². The van der Waals surface area contributed by atoms with Gasteiger partial charge in [0.2, 0.25) is 5.91 Å². The van der Waals surface area contributed by atoms with Crippen LogP contribution in [0.1, 0.15) is 28.8 Å². The van der Waals surface area contributed by atoms with Gasteiger partial charge in [-0.3, -0.25) is 14.5 Å². The number of carbonyl (C=O) groups excluding carboxylic acids is 2. The zero-order valence-electron chi connectivity index (χ0n) is 16.5. The first-order valence-electron chi connectivity index (χ1n) is 10.5. The normalized spacial score (nSPS) is 21.5. The molecule has 150 valence electrons. The molecule has 0 radical (unpaired) electrons. The van der Waals surface area contributed by atoms with Gasteiger partial charge in [-0.15, -0.1) is 0 Å². The Morgan fingerprint density at radius 2 is 1.79 bits per heavy atom. The monoisotopic (exact) mass is 390 g/mol. The predicted molar refractivity (Wildman–Crippen MR) is 113 cm³/mol. The Morgan fingerprint density at radius 1 is 1.00 bits per heavy atom. The maximum Gasteiger partial charge on any atom is 0.254 e. The van der Waals surface area contributed by atoms with Crippen molar-refractivity contribution in [2.75, 3.05) is 42.9 Å². The summed E-state index contributed by atoms with van der Waals surface area (Å²) in [5, 5.41) is 3.00. The summed E-state index contributed by atoms with van der Waals surface area (Å²) in [5.41, 5.74) is 3.76. The van der Waals surface area contributed by atoms with Crippen molar-refractivity contribution >= 4 is 23.2 Å². The molecular formula is C23H26N4O2. The number of carbonyl (C=O) groups is 2. The molecule has 0 bridgehead atoms. The fraction of sp³-hybridized carbons (Fsp3) is 0.391. The van der Waals surface area contributed by atoms with Crippen LogP contribution in [0.4, 0.5) is 11.4 Å². The fourth-order valence-electron chi connectivity index (χ4n) is 4.70. The van der Waals surface area contributed by atoms with Crippen molar-refractivity contribution in [1.29, 1.82) is 0 Å². The van der Waals surface area contributed by atoms with Crippen LogP contribution in [0.5, 0.6) is 0 Å². The highest BCUT2D eigenvalue weighted by molar-refractivity contribution is 6.06. The topological polar surface area (TPSA) is 55.9 Å². The van der Waals surface area contributed by atoms with Crippen molar-refractivity contribution in [3.05, 3.63) is 59.7 Å². The molecule has 5 rings (SSSR count). The summed E-state index contributed by atoms with van der Waals surface area (Å²) in [5.74, 6) is 0.0964. The highest BCUT2D eigenvalue weighted by Gasteiger charge is 2.36. The quantitative estimate of drug-likeness (QED) is 0.875. The molecule has 2 aromatic carbocycles. The largest absolute Gasteiger partial charge is 0.358 e. The maximum absolute atomic E-state index is 13.0. The van der Waals surface area contributed by atoms with Crippen LogP contribution in [0.15, 0.2) is 48.5 Å². The Morgan fingerprint density at radius 3 is 2.59 bits per heavy atom. The molecule has 2 fully saturated rings. The lowest BCUT2D eigenvalue weighted by Gasteiger charge is -2.35. The number of rotatable bonds is 3. The van der Waals surface area contributed by atoms with Gasteiger partial charge in [-0.2, -0.15) is 0 Å². The van der Waals surface area contributed by atoms with E-state index in [9.17, 15) is 9.59 Å². The average molecular weight is 390 g/mol. The molecule has 1 N–H and O–H groups in total. The third-order valence-corrected chi connectivity index (χ3v) is 6.27. The molecule has 3 aliphatic rings. The summed E-state index contributed by atoms with van der Waals surface area (Å²) in [4.78, 5) is 31.9. The van der Waals surface area contributed by atoms with E-state index in [1.54, 1.807) is 0 Å². The minimum atomic E-state index is -0.0539. The van der Waals surface area contributed by atoms with E-state index in [0.29, 0.717) is 5.56 Å². The van der Waals surface area contributed by atoms with E-state index in [-0.39, 0.29) is 17.9 Å². The summed E-state index contributed by atoms with van der Waals surface area (Å²) in [6, 6.07) is 16.1. The van der Waals surface area contributed by atoms with E-state index in [1.165, 1.54) is 5.56 Å². The predicted octanol–water partition coefficient (Wildman–Crippen LogP) is 2.57. The highest BCUT2D eigenvalue weighted by atomic mass is 16.2. The van der Waals surface area contributed by atoms with Gasteiger partial charge in [-0.1, -0.05) is 30.3 Å². The second-order valence-corrected chi connectivity index (χ2v) is 8.13. The van der Waals surface area contributed by atoms with Crippen molar-refractivity contribution in [2.45, 2.75) is 25.4 Å². The minimum absolute atomic E-state index is 0.0463. The number of nitrogens with one attached hydrogen (secondary N) is 1. The van der Waals surface area contributed by atoms with Gasteiger partial charge < -0.3 is 15.1 Å². The molecular weight excluding hydrogens is 364 g/mol. The van der Waals surface area contributed by atoms with Crippen LogP contribution in [0.25, 0.3) is 0 Å². The maximum atomic E-state index is 13.0. The lowest BCUT2D eigenvalue weighted by atomic mass is 10.1. The highest BCUT2D eigenvalue weighted by Crippen LogP contribution is 2.37. The molecule has 0 unspecified atom stereocenters. The Bertz CT molecular complexity index is 922. The van der Waals surface area contributed by atoms with Gasteiger partial charge in [0.1, 0.15) is 6.04 Å². The van der Waals surface area contributed by atoms with E-state index >= 15 is 0 Å². The van der Waals surface area contributed by atoms with Crippen molar-refractivity contribution in [1.82, 2.24) is 9.80 Å². The summed E-state index contributed by atoms with van der Waals surface area (Å²) < 4.78 is 0. The van der Waals surface area contributed by atoms with E-state index in [0.717, 1.165) is 63.5 Å². The number of hydrogen-bond donors (Lipinski definition) is 1. The molecule has 3 aliphatic heterocycles. The molecule has 29 heavy (non-hydrogen) atoms. The standard InChI is InChI=1S/C23H26N4O2/c28-22-21-7-4-10-27(21)20-9-8-18(15-19(20)24-22)23(29)26-13-11-25(12-14-26)16-17-5-2-1-3-6-17/h1-3,5-6,8-9,15,21H,4,7,10-14,16H2,(H,24,28)/t21-/m0/s1. The first-order chi connectivity index (χ1) is 14.2. The molecule has 6 heteroatoms. The van der Waals surface area contributed by atoms with Crippen molar-refractivity contribution in [3.8, 4) is 0 Å². The number of anilines is 2. The van der Waals surface area contributed by atoms with Crippen molar-refractivity contribution in [2.24, 2.45) is 0 Å². The molecule has 2 saturated heterocycles. The molecule has 3 heterocycles. The number of amides is 2. The summed E-state index contributed by atoms with van der Waals surface area (Å²) in [6.07, 6.45) is 1.94. The summed E-state index contributed by atoms with van der Waals surface area (Å²) >= 11 is 0. The Labute approximate surface area is 171 Å². The first kappa shape index (κ1) is 18.2. The van der Waals surface area contributed by atoms with Gasteiger partial charge in [-0.25, -0.2) is 0 Å². The Kier molecular flexibility index (Phi) is 4.72. The van der Waals surface area contributed by atoms with E-state index in [1.807, 2.05) is 29.2 Å². The lowest BCUT2D eigenvalue weighted by Crippen LogP contribution is -2.48. The van der Waals surface area contributed by atoms with Gasteiger partial charge in [0.05, 0.1) is 11.4 Å². The van der Waals surface area contributed by atoms with Crippen LogP contribution in [0, 0.1) is 0 Å². The molecule has 0 aliphatic carbocycles. The summed E-state index contributed by atoms with van der Waals surface area (Å²) in [7, 11) is 0. The fourth-order valence-corrected chi connectivity index (χ4v) is 4.70. The Balaban J connectivity index is 1.25. The molecule has 6 nitrogen and oxygen atoms in total. The third kappa shape index (κ3) is 3.49. The zero-order chi connectivity index (χ0) is 19.8. The molecule has 0 spiro atoms. The Hall–Kier alpha value is -2.86. The number of piperazine rings is 1. The van der Waals surface area contributed by atoms with Gasteiger partial charge in [0, 0.05) is 44.8 Å². The van der Waals surface area contributed by atoms with E-state index in [2.05, 4.69) is 39.4 Å². The molecule has 0 saturated carbocycles. The van der Waals surface area contributed by atoms with Crippen LogP contribution in [0.2, 0.25) is 0 Å². The smallest absolute Gasteiger partial charge is 0.254 e. The van der Waals surface area contributed by atoms with E-state index in [4.69, 9.17) is 0 Å². The molecule has 2 amide bonds. The molecule has 1 atom stereocenters. The molecule has 2 aromatic rings. The number of nitrogens with zero attached hydrogens (tertiary/aromatic N) is 3. The lowest BCUT2D eigenvalue weighted by molar-refractivity contribution is -0.117. The van der Waals surface area contributed by atoms with Crippen LogP contribution >= 0.6 is 0 Å². The van der Waals surface area contributed by atoms with Gasteiger partial charge in [0.25, 0.3) is 5.91 Å². The van der Waals surface area contributed by atoms with Crippen molar-refractivity contribution in [3.63, 3.8) is 0 Å². The van der Waals surface area contributed by atoms with Gasteiger partial charge in [0.15, 0.2) is 0 Å². The summed E-state index contributed by atoms with van der Waals surface area (Å²) in [6.45, 7) is 5.02. The second kappa shape index (κ2) is 7.52. The van der Waals surface area contributed by atoms with Crippen LogP contribution < -0.4 is 10.2 Å².